The monoisotopic (exact) mass is 548 g/mol. The van der Waals surface area contributed by atoms with Crippen LogP contribution in [0, 0.1) is 0 Å². The Labute approximate surface area is 225 Å². The van der Waals surface area contributed by atoms with Gasteiger partial charge < -0.3 is 0 Å². The van der Waals surface area contributed by atoms with E-state index in [1.165, 1.54) is 0 Å². The molecule has 1 aliphatic heterocycles. The zero-order chi connectivity index (χ0) is 28.6. The van der Waals surface area contributed by atoms with E-state index in [0.717, 1.165) is 33.6 Å². The van der Waals surface area contributed by atoms with Gasteiger partial charge in [-0.15, -0.1) is 0 Å². The second-order valence-corrected chi connectivity index (χ2v) is 12.3. The molecule has 1 aliphatic rings. The van der Waals surface area contributed by atoms with Gasteiger partial charge in [-0.05, 0) is 0 Å². The van der Waals surface area contributed by atoms with Gasteiger partial charge in [0.2, 0.25) is 0 Å². The molecule has 0 spiro atoms. The summed E-state index contributed by atoms with van der Waals surface area (Å²) in [5, 5.41) is 0. The second-order valence-electron chi connectivity index (χ2n) is 10.7. The molecular weight excluding hydrogens is 512 g/mol. The molecule has 0 N–H and O–H groups in total. The maximum absolute atomic E-state index is 13.2. The van der Waals surface area contributed by atoms with E-state index in [-0.39, 0.29) is 29.4 Å². The Morgan fingerprint density at radius 1 is 0.684 bits per heavy atom. The quantitative estimate of drug-likeness (QED) is 0.252. The average molecular weight is 548 g/mol. The van der Waals surface area contributed by atoms with Gasteiger partial charge in [-0.2, -0.15) is 0 Å². The number of halogens is 3. The van der Waals surface area contributed by atoms with E-state index in [9.17, 15) is 21.6 Å². The zero-order valence-corrected chi connectivity index (χ0v) is 24.0. The van der Waals surface area contributed by atoms with Gasteiger partial charge in [-0.3, -0.25) is 0 Å². The fourth-order valence-corrected chi connectivity index (χ4v) is 4.96. The van der Waals surface area contributed by atoms with Crippen molar-refractivity contribution in [3.8, 4) is 0 Å². The second kappa shape index (κ2) is 11.2. The van der Waals surface area contributed by atoms with Crippen molar-refractivity contribution in [3.05, 3.63) is 71.1 Å². The van der Waals surface area contributed by atoms with Gasteiger partial charge in [-0.25, -0.2) is 0 Å². The molecular formula is C28H36BF3N2O3S. The molecule has 0 atom stereocenters. The van der Waals surface area contributed by atoms with E-state index in [2.05, 4.69) is 4.10 Å². The third-order valence-corrected chi connectivity index (χ3v) is 7.51. The van der Waals surface area contributed by atoms with Crippen LogP contribution in [0.15, 0.2) is 48.8 Å². The summed E-state index contributed by atoms with van der Waals surface area (Å²) in [7, 11) is -5.16. The summed E-state index contributed by atoms with van der Waals surface area (Å²) in [6, 6.07) is 11.9. The molecule has 0 unspecified atom stereocenters. The van der Waals surface area contributed by atoms with Crippen LogP contribution in [-0.2, 0) is 14.2 Å². The van der Waals surface area contributed by atoms with Gasteiger partial charge >= 0.3 is 225 Å². The van der Waals surface area contributed by atoms with E-state index < -0.39 is 15.6 Å². The van der Waals surface area contributed by atoms with Crippen LogP contribution in [-0.4, -0.2) is 26.8 Å². The molecule has 0 bridgehead atoms. The summed E-state index contributed by atoms with van der Waals surface area (Å²) in [6.07, 6.45) is 3.51. The molecule has 0 fully saturated rings. The Balaban J connectivity index is 2.33. The third kappa shape index (κ3) is 5.80. The molecule has 0 saturated carbocycles. The normalized spacial score (nSPS) is 14.4. The number of rotatable bonds is 8. The van der Waals surface area contributed by atoms with Gasteiger partial charge in [0.25, 0.3) is 0 Å². The van der Waals surface area contributed by atoms with Crippen LogP contribution >= 0.6 is 0 Å². The van der Waals surface area contributed by atoms with E-state index in [4.69, 9.17) is 0 Å². The minimum atomic E-state index is -5.86. The number of anilines is 2. The van der Waals surface area contributed by atoms with Crippen molar-refractivity contribution in [3.63, 3.8) is 0 Å². The molecule has 0 saturated heterocycles. The van der Waals surface area contributed by atoms with Crippen LogP contribution in [0.5, 0.6) is 0 Å². The Hall–Kier alpha value is -2.75. The first-order valence-corrected chi connectivity index (χ1v) is 14.2. The summed E-state index contributed by atoms with van der Waals surface area (Å²) in [6.45, 7) is 16.3. The summed E-state index contributed by atoms with van der Waals surface area (Å²) in [4.78, 5) is 3.47. The number of alkyl halides is 3. The standard InChI is InChI=1S/C28H36BF3N2O3S/c1-17(2)21-11-9-12-22(18(3)4)25(21)33-15-16-34(27(33)29-37-38(35,36)28(30,31)32)26-23(19(5)6)13-10-14-24(26)20(7)8/h9-20H,1-8H3. The number of benzene rings is 2. The predicted molar refractivity (Wildman–Crippen MR) is 150 cm³/mol. The maximum atomic E-state index is 13.2. The van der Waals surface area contributed by atoms with Crippen molar-refractivity contribution in [2.75, 3.05) is 9.80 Å². The summed E-state index contributed by atoms with van der Waals surface area (Å²) < 4.78 is 68.2. The first-order chi connectivity index (χ1) is 17.6. The van der Waals surface area contributed by atoms with Crippen LogP contribution in [0.2, 0.25) is 0 Å². The Morgan fingerprint density at radius 3 is 1.26 bits per heavy atom. The van der Waals surface area contributed by atoms with E-state index >= 15 is 0 Å². The van der Waals surface area contributed by atoms with Crippen LogP contribution in [0.4, 0.5) is 24.5 Å². The van der Waals surface area contributed by atoms with Gasteiger partial charge in [0, 0.05) is 0 Å². The predicted octanol–water partition coefficient (Wildman–Crippen LogP) is 7.55. The summed E-state index contributed by atoms with van der Waals surface area (Å²) >= 11 is 0. The number of para-hydroxylation sites is 2. The molecule has 2 aromatic rings. The number of nitrogens with zero attached hydrogens (tertiary/aromatic N) is 2. The SMILES string of the molecule is CC(C)c1cccc(C(C)C)c1N1C=CN(c2c(C(C)C)cccc2C(C)C)C1=BOS(=O)(=O)C(F)(F)F. The topological polar surface area (TPSA) is 49.9 Å². The molecule has 5 nitrogen and oxygen atoms in total. The fourth-order valence-electron chi connectivity index (χ4n) is 4.63. The Morgan fingerprint density at radius 2 is 1.00 bits per heavy atom. The Kier molecular flexibility index (Phi) is 8.76. The van der Waals surface area contributed by atoms with E-state index in [1.807, 2.05) is 91.8 Å². The van der Waals surface area contributed by atoms with Gasteiger partial charge in [-0.1, -0.05) is 0 Å². The zero-order valence-electron chi connectivity index (χ0n) is 23.2. The first kappa shape index (κ1) is 29.8. The van der Waals surface area contributed by atoms with Crippen molar-refractivity contribution >= 4 is 34.3 Å². The number of hydrogen-bond donors (Lipinski definition) is 0. The summed E-state index contributed by atoms with van der Waals surface area (Å²) in [5.74, 6) is 0.394. The third-order valence-electron chi connectivity index (χ3n) is 6.59. The fraction of sp³-hybridized carbons (Fsp3) is 0.464. The number of hydrogen-bond acceptors (Lipinski definition) is 5. The van der Waals surface area contributed by atoms with Crippen molar-refractivity contribution in [1.29, 1.82) is 0 Å². The molecule has 10 heteroatoms. The molecule has 0 aliphatic carbocycles. The first-order valence-electron chi connectivity index (χ1n) is 12.8. The van der Waals surface area contributed by atoms with Gasteiger partial charge in [0.1, 0.15) is 0 Å². The Bertz CT molecular complexity index is 1210. The molecule has 0 amide bonds. The molecule has 0 aromatic heterocycles. The van der Waals surface area contributed by atoms with Crippen molar-refractivity contribution in [2.45, 2.75) is 84.6 Å². The summed E-state index contributed by atoms with van der Waals surface area (Å²) in [5.41, 5.74) is 0.114. The van der Waals surface area contributed by atoms with Crippen LogP contribution in [0.3, 0.4) is 0 Å². The molecule has 2 aromatic carbocycles. The molecule has 0 radical (unpaired) electrons. The molecule has 38 heavy (non-hydrogen) atoms. The van der Waals surface area contributed by atoms with Crippen LogP contribution < -0.4 is 9.80 Å². The van der Waals surface area contributed by atoms with Crippen LogP contribution in [0.25, 0.3) is 0 Å². The van der Waals surface area contributed by atoms with Crippen LogP contribution in [0.1, 0.15) is 101 Å². The van der Waals surface area contributed by atoms with Crippen molar-refractivity contribution in [2.24, 2.45) is 0 Å². The van der Waals surface area contributed by atoms with Gasteiger partial charge in [0.05, 0.1) is 0 Å². The minimum absolute atomic E-state index is 0.0985. The molecule has 3 rings (SSSR count). The average Bonchev–Trinajstić information content (AvgIpc) is 3.23. The van der Waals surface area contributed by atoms with Gasteiger partial charge in [0.15, 0.2) is 0 Å². The van der Waals surface area contributed by atoms with Crippen molar-refractivity contribution < 1.29 is 25.7 Å². The molecule has 1 heterocycles. The van der Waals surface area contributed by atoms with E-state index in [1.54, 1.807) is 22.2 Å². The molecule has 206 valence electrons. The van der Waals surface area contributed by atoms with E-state index in [0.29, 0.717) is 7.12 Å². The van der Waals surface area contributed by atoms with Crippen molar-refractivity contribution in [1.82, 2.24) is 0 Å².